The van der Waals surface area contributed by atoms with Crippen LogP contribution in [0.25, 0.3) is 11.0 Å². The number of para-hydroxylation sites is 1. The normalized spacial score (nSPS) is 17.6. The van der Waals surface area contributed by atoms with Crippen LogP contribution in [0.4, 0.5) is 0 Å². The molecule has 1 N–H and O–H groups in total. The molecule has 1 fully saturated rings. The van der Waals surface area contributed by atoms with Crippen molar-refractivity contribution >= 4 is 22.8 Å². The van der Waals surface area contributed by atoms with Crippen molar-refractivity contribution < 1.29 is 28.6 Å². The summed E-state index contributed by atoms with van der Waals surface area (Å²) in [5.74, 6) is -0.808. The highest BCUT2D eigenvalue weighted by molar-refractivity contribution is 5.99. The zero-order valence-corrected chi connectivity index (χ0v) is 15.5. The summed E-state index contributed by atoms with van der Waals surface area (Å²) in [6, 6.07) is 7.50. The van der Waals surface area contributed by atoms with Gasteiger partial charge in [-0.25, -0.2) is 0 Å². The minimum absolute atomic E-state index is 0.0740. The van der Waals surface area contributed by atoms with Gasteiger partial charge in [0, 0.05) is 37.7 Å². The van der Waals surface area contributed by atoms with Crippen LogP contribution in [0, 0.1) is 0 Å². The molecule has 1 saturated heterocycles. The van der Waals surface area contributed by atoms with Crippen molar-refractivity contribution in [3.05, 3.63) is 35.6 Å². The monoisotopic (exact) mass is 376 g/mol. The van der Waals surface area contributed by atoms with Gasteiger partial charge in [-0.2, -0.15) is 0 Å². The number of benzene rings is 1. The first-order chi connectivity index (χ1) is 13.0. The van der Waals surface area contributed by atoms with E-state index in [0.29, 0.717) is 31.8 Å². The van der Waals surface area contributed by atoms with E-state index in [1.54, 1.807) is 24.0 Å². The van der Waals surface area contributed by atoms with E-state index in [2.05, 4.69) is 0 Å². The van der Waals surface area contributed by atoms with Gasteiger partial charge in [-0.05, 0) is 13.1 Å². The molecular weight excluding hydrogens is 352 g/mol. The number of hydrogen-bond acceptors (Lipinski definition) is 6. The molecule has 2 heterocycles. The number of methoxy groups -OCH3 is 1. The number of furan rings is 1. The molecule has 8 nitrogen and oxygen atoms in total. The molecule has 0 aliphatic carbocycles. The topological polar surface area (TPSA) is 92.5 Å². The van der Waals surface area contributed by atoms with E-state index in [1.165, 1.54) is 0 Å². The summed E-state index contributed by atoms with van der Waals surface area (Å²) in [4.78, 5) is 27.3. The third-order valence-corrected chi connectivity index (χ3v) is 4.53. The van der Waals surface area contributed by atoms with Crippen molar-refractivity contribution in [1.82, 2.24) is 9.80 Å². The Morgan fingerprint density at radius 3 is 2.89 bits per heavy atom. The fourth-order valence-corrected chi connectivity index (χ4v) is 3.36. The van der Waals surface area contributed by atoms with Crippen molar-refractivity contribution in [3.8, 4) is 0 Å². The van der Waals surface area contributed by atoms with Gasteiger partial charge in [0.15, 0.2) is 5.76 Å². The number of likely N-dealkylation sites (N-methyl/N-ethyl adjacent to an activating group) is 1. The van der Waals surface area contributed by atoms with Gasteiger partial charge in [-0.15, -0.1) is 0 Å². The number of ether oxygens (including phenoxy) is 2. The molecule has 2 aromatic rings. The fourth-order valence-electron chi connectivity index (χ4n) is 3.36. The second kappa shape index (κ2) is 8.51. The van der Waals surface area contributed by atoms with Crippen molar-refractivity contribution in [3.63, 3.8) is 0 Å². The Morgan fingerprint density at radius 1 is 1.37 bits per heavy atom. The van der Waals surface area contributed by atoms with E-state index in [-0.39, 0.29) is 30.9 Å². The number of amides is 1. The van der Waals surface area contributed by atoms with Crippen molar-refractivity contribution in [1.29, 1.82) is 0 Å². The van der Waals surface area contributed by atoms with Crippen molar-refractivity contribution in [2.24, 2.45) is 0 Å². The fraction of sp³-hybridized carbons (Fsp3) is 0.474. The highest BCUT2D eigenvalue weighted by Crippen LogP contribution is 2.28. The second-order valence-corrected chi connectivity index (χ2v) is 6.67. The van der Waals surface area contributed by atoms with Gasteiger partial charge in [-0.1, -0.05) is 18.2 Å². The molecule has 0 saturated carbocycles. The second-order valence-electron chi connectivity index (χ2n) is 6.67. The number of rotatable bonds is 7. The number of morpholine rings is 1. The highest BCUT2D eigenvalue weighted by atomic mass is 16.5. The van der Waals surface area contributed by atoms with E-state index in [9.17, 15) is 9.59 Å². The third kappa shape index (κ3) is 4.47. The summed E-state index contributed by atoms with van der Waals surface area (Å²) in [7, 11) is 3.30. The maximum atomic E-state index is 13.1. The Morgan fingerprint density at radius 2 is 2.15 bits per heavy atom. The van der Waals surface area contributed by atoms with Crippen LogP contribution in [0.1, 0.15) is 16.1 Å². The molecule has 8 heteroatoms. The summed E-state index contributed by atoms with van der Waals surface area (Å²) in [6.07, 6.45) is -0.248. The molecule has 0 spiro atoms. The standard InChI is InChI=1S/C19H24N2O6/c1-20(11-17(22)23)9-13-10-21(7-8-26-13)19(24)18-15(12-25-2)14-5-3-4-6-16(14)27-18/h3-6,13H,7-12H2,1-2H3,(H,22,23). The van der Waals surface area contributed by atoms with Gasteiger partial charge >= 0.3 is 5.97 Å². The van der Waals surface area contributed by atoms with Crippen molar-refractivity contribution in [2.45, 2.75) is 12.7 Å². The molecule has 3 rings (SSSR count). The van der Waals surface area contributed by atoms with Gasteiger partial charge < -0.3 is 23.9 Å². The third-order valence-electron chi connectivity index (χ3n) is 4.53. The number of carbonyl (C=O) groups is 2. The van der Waals surface area contributed by atoms with E-state index in [0.717, 1.165) is 10.9 Å². The first-order valence-electron chi connectivity index (χ1n) is 8.80. The molecule has 1 atom stereocenters. The van der Waals surface area contributed by atoms with Gasteiger partial charge in [0.25, 0.3) is 5.91 Å². The minimum Gasteiger partial charge on any atom is -0.480 e. The molecule has 0 bridgehead atoms. The number of carbonyl (C=O) groups excluding carboxylic acids is 1. The maximum Gasteiger partial charge on any atom is 0.317 e. The van der Waals surface area contributed by atoms with Crippen molar-refractivity contribution in [2.75, 3.05) is 46.9 Å². The largest absolute Gasteiger partial charge is 0.480 e. The quantitative estimate of drug-likeness (QED) is 0.781. The summed E-state index contributed by atoms with van der Waals surface area (Å²) < 4.78 is 16.8. The smallest absolute Gasteiger partial charge is 0.317 e. The first kappa shape index (κ1) is 19.3. The molecule has 1 amide bonds. The number of hydrogen-bond donors (Lipinski definition) is 1. The van der Waals surface area contributed by atoms with Crippen LogP contribution in [-0.4, -0.2) is 79.8 Å². The van der Waals surface area contributed by atoms with E-state index >= 15 is 0 Å². The Hall–Kier alpha value is -2.42. The lowest BCUT2D eigenvalue weighted by Crippen LogP contribution is -2.49. The van der Waals surface area contributed by atoms with E-state index < -0.39 is 5.97 Å². The average molecular weight is 376 g/mol. The van der Waals surface area contributed by atoms with Crippen LogP contribution in [0.2, 0.25) is 0 Å². The SMILES string of the molecule is COCc1c(C(=O)N2CCOC(CN(C)CC(=O)O)C2)oc2ccccc12. The number of carboxylic acid groups (broad SMARTS) is 1. The number of nitrogens with zero attached hydrogens (tertiary/aromatic N) is 2. The Kier molecular flexibility index (Phi) is 6.10. The van der Waals surface area contributed by atoms with Gasteiger partial charge in [0.2, 0.25) is 0 Å². The van der Waals surface area contributed by atoms with Crippen LogP contribution in [0.5, 0.6) is 0 Å². The molecule has 1 aliphatic heterocycles. The van der Waals surface area contributed by atoms with E-state index in [1.807, 2.05) is 24.3 Å². The molecule has 1 aliphatic rings. The molecule has 1 aromatic heterocycles. The predicted octanol–water partition coefficient (Wildman–Crippen LogP) is 1.44. The summed E-state index contributed by atoms with van der Waals surface area (Å²) in [6.45, 7) is 1.88. The first-order valence-corrected chi connectivity index (χ1v) is 8.80. The maximum absolute atomic E-state index is 13.1. The van der Waals surface area contributed by atoms with Crippen LogP contribution < -0.4 is 0 Å². The molecule has 146 valence electrons. The van der Waals surface area contributed by atoms with Gasteiger partial charge in [-0.3, -0.25) is 14.5 Å². The predicted molar refractivity (Wildman–Crippen MR) is 97.7 cm³/mol. The average Bonchev–Trinajstić information content (AvgIpc) is 3.00. The number of fused-ring (bicyclic) bond motifs is 1. The Balaban J connectivity index is 1.76. The molecule has 0 radical (unpaired) electrons. The molecule has 27 heavy (non-hydrogen) atoms. The molecule has 1 unspecified atom stereocenters. The molecular formula is C19H24N2O6. The number of aliphatic carboxylic acids is 1. The summed E-state index contributed by atoms with van der Waals surface area (Å²) >= 11 is 0. The zero-order valence-electron chi connectivity index (χ0n) is 15.5. The Labute approximate surface area is 157 Å². The van der Waals surface area contributed by atoms with Gasteiger partial charge in [0.1, 0.15) is 5.58 Å². The zero-order chi connectivity index (χ0) is 19.4. The van der Waals surface area contributed by atoms with Crippen LogP contribution in [0.15, 0.2) is 28.7 Å². The lowest BCUT2D eigenvalue weighted by atomic mass is 10.1. The number of carboxylic acids is 1. The summed E-state index contributed by atoms with van der Waals surface area (Å²) in [5.41, 5.74) is 1.39. The Bertz CT molecular complexity index is 818. The molecule has 1 aromatic carbocycles. The lowest BCUT2D eigenvalue weighted by Gasteiger charge is -2.34. The van der Waals surface area contributed by atoms with Crippen LogP contribution >= 0.6 is 0 Å². The van der Waals surface area contributed by atoms with E-state index in [4.69, 9.17) is 19.0 Å². The van der Waals surface area contributed by atoms with Crippen LogP contribution in [0.3, 0.4) is 0 Å². The summed E-state index contributed by atoms with van der Waals surface area (Å²) in [5, 5.41) is 9.75. The van der Waals surface area contributed by atoms with Gasteiger partial charge in [0.05, 0.1) is 25.9 Å². The van der Waals surface area contributed by atoms with Crippen LogP contribution in [-0.2, 0) is 20.9 Å². The highest BCUT2D eigenvalue weighted by Gasteiger charge is 2.30. The lowest BCUT2D eigenvalue weighted by molar-refractivity contribution is -0.138. The minimum atomic E-state index is -0.896.